The average molecular weight is 322 g/mol. The van der Waals surface area contributed by atoms with E-state index >= 15 is 0 Å². The van der Waals surface area contributed by atoms with Crippen LogP contribution in [0.2, 0.25) is 0 Å². The van der Waals surface area contributed by atoms with E-state index in [-0.39, 0.29) is 36.8 Å². The monoisotopic (exact) mass is 321 g/mol. The molecule has 0 spiro atoms. The number of nitrogens with one attached hydrogen (secondary N) is 1. The third-order valence-electron chi connectivity index (χ3n) is 2.94. The van der Waals surface area contributed by atoms with E-state index in [2.05, 4.69) is 24.1 Å². The molecular formula is C14H25Cl2N3O. The van der Waals surface area contributed by atoms with E-state index in [0.717, 1.165) is 17.7 Å². The SMILES string of the molecule is Cc1cccnc1C(NC(=O)CCCN)C(C)C.Cl.Cl. The van der Waals surface area contributed by atoms with E-state index in [1.807, 2.05) is 19.1 Å². The number of rotatable bonds is 6. The molecule has 0 aliphatic heterocycles. The molecule has 1 aromatic heterocycles. The van der Waals surface area contributed by atoms with Crippen molar-refractivity contribution in [2.75, 3.05) is 6.54 Å². The van der Waals surface area contributed by atoms with Gasteiger partial charge in [0, 0.05) is 12.6 Å². The van der Waals surface area contributed by atoms with Crippen LogP contribution < -0.4 is 11.1 Å². The first-order valence-electron chi connectivity index (χ1n) is 6.47. The number of halogens is 2. The first kappa shape index (κ1) is 21.5. The molecule has 4 nitrogen and oxygen atoms in total. The lowest BCUT2D eigenvalue weighted by molar-refractivity contribution is -0.122. The van der Waals surface area contributed by atoms with Gasteiger partial charge in [0.1, 0.15) is 0 Å². The van der Waals surface area contributed by atoms with Gasteiger partial charge in [-0.15, -0.1) is 24.8 Å². The zero-order valence-corrected chi connectivity index (χ0v) is 13.9. The maximum atomic E-state index is 11.8. The molecule has 1 unspecified atom stereocenters. The van der Waals surface area contributed by atoms with Crippen LogP contribution in [0.15, 0.2) is 18.3 Å². The second-order valence-corrected chi connectivity index (χ2v) is 4.89. The molecule has 0 aliphatic carbocycles. The fourth-order valence-corrected chi connectivity index (χ4v) is 1.88. The van der Waals surface area contributed by atoms with Crippen molar-refractivity contribution in [3.05, 3.63) is 29.6 Å². The van der Waals surface area contributed by atoms with Gasteiger partial charge in [0.05, 0.1) is 11.7 Å². The van der Waals surface area contributed by atoms with Gasteiger partial charge in [0.2, 0.25) is 5.91 Å². The summed E-state index contributed by atoms with van der Waals surface area (Å²) >= 11 is 0. The minimum Gasteiger partial charge on any atom is -0.347 e. The molecule has 0 radical (unpaired) electrons. The molecular weight excluding hydrogens is 297 g/mol. The highest BCUT2D eigenvalue weighted by molar-refractivity contribution is 5.85. The summed E-state index contributed by atoms with van der Waals surface area (Å²) in [6.45, 7) is 6.73. The Balaban J connectivity index is 0. The average Bonchev–Trinajstić information content (AvgIpc) is 2.34. The van der Waals surface area contributed by atoms with Crippen LogP contribution in [0.5, 0.6) is 0 Å². The van der Waals surface area contributed by atoms with Crippen molar-refractivity contribution in [2.24, 2.45) is 11.7 Å². The summed E-state index contributed by atoms with van der Waals surface area (Å²) in [5.41, 5.74) is 7.47. The summed E-state index contributed by atoms with van der Waals surface area (Å²) in [6, 6.07) is 3.90. The number of nitrogens with zero attached hydrogens (tertiary/aromatic N) is 1. The molecule has 3 N–H and O–H groups in total. The van der Waals surface area contributed by atoms with Gasteiger partial charge in [0.15, 0.2) is 0 Å². The minimum atomic E-state index is -0.0310. The zero-order chi connectivity index (χ0) is 13.5. The molecule has 1 heterocycles. The fraction of sp³-hybridized carbons (Fsp3) is 0.571. The number of pyridine rings is 1. The minimum absolute atomic E-state index is 0. The third-order valence-corrected chi connectivity index (χ3v) is 2.94. The van der Waals surface area contributed by atoms with Gasteiger partial charge in [-0.05, 0) is 37.4 Å². The van der Waals surface area contributed by atoms with Crippen LogP contribution >= 0.6 is 24.8 Å². The Morgan fingerprint density at radius 1 is 1.40 bits per heavy atom. The van der Waals surface area contributed by atoms with E-state index in [4.69, 9.17) is 5.73 Å². The number of amides is 1. The largest absolute Gasteiger partial charge is 0.347 e. The van der Waals surface area contributed by atoms with Crippen LogP contribution in [0.25, 0.3) is 0 Å². The highest BCUT2D eigenvalue weighted by atomic mass is 35.5. The van der Waals surface area contributed by atoms with E-state index in [1.165, 1.54) is 0 Å². The highest BCUT2D eigenvalue weighted by Crippen LogP contribution is 2.22. The Bertz CT molecular complexity index is 400. The van der Waals surface area contributed by atoms with Crippen molar-refractivity contribution in [2.45, 2.75) is 39.7 Å². The Labute approximate surface area is 133 Å². The van der Waals surface area contributed by atoms with E-state index in [0.29, 0.717) is 18.9 Å². The molecule has 0 aromatic carbocycles. The second-order valence-electron chi connectivity index (χ2n) is 4.89. The van der Waals surface area contributed by atoms with E-state index in [1.54, 1.807) is 6.20 Å². The number of hydrogen-bond acceptors (Lipinski definition) is 3. The Morgan fingerprint density at radius 3 is 2.55 bits per heavy atom. The Hall–Kier alpha value is -0.840. The van der Waals surface area contributed by atoms with E-state index in [9.17, 15) is 4.79 Å². The normalized spacial score (nSPS) is 11.2. The lowest BCUT2D eigenvalue weighted by Gasteiger charge is -2.23. The van der Waals surface area contributed by atoms with Gasteiger partial charge in [-0.25, -0.2) is 0 Å². The molecule has 20 heavy (non-hydrogen) atoms. The first-order chi connectivity index (χ1) is 8.56. The van der Waals surface area contributed by atoms with Crippen molar-refractivity contribution in [1.29, 1.82) is 0 Å². The predicted molar refractivity (Wildman–Crippen MR) is 87.5 cm³/mol. The molecule has 0 saturated carbocycles. The number of carbonyl (C=O) groups excluding carboxylic acids is 1. The fourth-order valence-electron chi connectivity index (χ4n) is 1.88. The van der Waals surface area contributed by atoms with E-state index < -0.39 is 0 Å². The van der Waals surface area contributed by atoms with Gasteiger partial charge < -0.3 is 11.1 Å². The summed E-state index contributed by atoms with van der Waals surface area (Å²) < 4.78 is 0. The van der Waals surface area contributed by atoms with Crippen molar-refractivity contribution < 1.29 is 4.79 Å². The highest BCUT2D eigenvalue weighted by Gasteiger charge is 2.20. The van der Waals surface area contributed by atoms with Crippen LogP contribution in [0.1, 0.15) is 44.0 Å². The molecule has 1 rings (SSSR count). The summed E-state index contributed by atoms with van der Waals surface area (Å²) in [6.07, 6.45) is 2.97. The summed E-state index contributed by atoms with van der Waals surface area (Å²) in [4.78, 5) is 16.2. The molecule has 6 heteroatoms. The molecule has 0 fully saturated rings. The molecule has 0 saturated heterocycles. The third kappa shape index (κ3) is 6.55. The molecule has 0 aliphatic rings. The van der Waals surface area contributed by atoms with Gasteiger partial charge >= 0.3 is 0 Å². The number of aryl methyl sites for hydroxylation is 1. The number of carbonyl (C=O) groups is 1. The van der Waals surface area contributed by atoms with Crippen molar-refractivity contribution in [3.8, 4) is 0 Å². The van der Waals surface area contributed by atoms with Crippen LogP contribution in [0.4, 0.5) is 0 Å². The van der Waals surface area contributed by atoms with Crippen molar-refractivity contribution in [1.82, 2.24) is 10.3 Å². The summed E-state index contributed by atoms with van der Waals surface area (Å²) in [7, 11) is 0. The number of aromatic nitrogens is 1. The first-order valence-corrected chi connectivity index (χ1v) is 6.47. The summed E-state index contributed by atoms with van der Waals surface area (Å²) in [5, 5.41) is 3.05. The van der Waals surface area contributed by atoms with Gasteiger partial charge in [0.25, 0.3) is 0 Å². The van der Waals surface area contributed by atoms with Crippen LogP contribution in [-0.2, 0) is 4.79 Å². The molecule has 0 bridgehead atoms. The standard InChI is InChI=1S/C14H23N3O.2ClH/c1-10(2)13(17-12(18)7-4-8-15)14-11(3)6-5-9-16-14;;/h5-6,9-10,13H,4,7-8,15H2,1-3H3,(H,17,18);2*1H. The zero-order valence-electron chi connectivity index (χ0n) is 12.3. The molecule has 1 amide bonds. The number of hydrogen-bond donors (Lipinski definition) is 2. The molecule has 1 atom stereocenters. The van der Waals surface area contributed by atoms with Crippen LogP contribution in [0.3, 0.4) is 0 Å². The smallest absolute Gasteiger partial charge is 0.220 e. The molecule has 1 aromatic rings. The maximum absolute atomic E-state index is 11.8. The molecule has 116 valence electrons. The quantitative estimate of drug-likeness (QED) is 0.846. The van der Waals surface area contributed by atoms with Crippen molar-refractivity contribution in [3.63, 3.8) is 0 Å². The second kappa shape index (κ2) is 10.9. The van der Waals surface area contributed by atoms with Crippen LogP contribution in [0, 0.1) is 12.8 Å². The Kier molecular flexibility index (Phi) is 11.7. The van der Waals surface area contributed by atoms with Gasteiger partial charge in [-0.3, -0.25) is 9.78 Å². The van der Waals surface area contributed by atoms with Gasteiger partial charge in [-0.1, -0.05) is 19.9 Å². The lowest BCUT2D eigenvalue weighted by atomic mass is 9.97. The van der Waals surface area contributed by atoms with Crippen LogP contribution in [-0.4, -0.2) is 17.4 Å². The Morgan fingerprint density at radius 2 is 2.05 bits per heavy atom. The maximum Gasteiger partial charge on any atom is 0.220 e. The van der Waals surface area contributed by atoms with Gasteiger partial charge in [-0.2, -0.15) is 0 Å². The predicted octanol–water partition coefficient (Wildman–Crippen LogP) is 2.79. The van der Waals surface area contributed by atoms with Crippen molar-refractivity contribution >= 4 is 30.7 Å². The number of nitrogens with two attached hydrogens (primary N) is 1. The topological polar surface area (TPSA) is 68.0 Å². The lowest BCUT2D eigenvalue weighted by Crippen LogP contribution is -2.33. The summed E-state index contributed by atoms with van der Waals surface area (Å²) in [5.74, 6) is 0.352.